The Labute approximate surface area is 103 Å². The third-order valence-corrected chi connectivity index (χ3v) is 4.47. The maximum Gasteiger partial charge on any atom is 0.410 e. The van der Waals surface area contributed by atoms with Crippen LogP contribution in [0.5, 0.6) is 0 Å². The minimum atomic E-state index is -0.199. The molecular weight excluding hydrogens is 216 g/mol. The second-order valence-electron chi connectivity index (χ2n) is 5.26. The number of hydrogen-bond donors (Lipinski definition) is 0. The van der Waals surface area contributed by atoms with Gasteiger partial charge in [0.15, 0.2) is 0 Å². The molecule has 17 heavy (non-hydrogen) atoms. The number of nitrogens with zero attached hydrogens (tertiary/aromatic N) is 2. The molecular formula is C13H20N2O2. The van der Waals surface area contributed by atoms with Crippen LogP contribution in [0, 0.1) is 29.1 Å². The third-order valence-electron chi connectivity index (χ3n) is 4.47. The number of carbonyl (C=O) groups is 1. The Morgan fingerprint density at radius 2 is 1.88 bits per heavy atom. The lowest BCUT2D eigenvalue weighted by Gasteiger charge is -2.36. The Morgan fingerprint density at radius 1 is 1.35 bits per heavy atom. The van der Waals surface area contributed by atoms with Crippen LogP contribution >= 0.6 is 0 Å². The molecule has 2 fully saturated rings. The van der Waals surface area contributed by atoms with Crippen molar-refractivity contribution in [1.29, 1.82) is 5.26 Å². The highest BCUT2D eigenvalue weighted by atomic mass is 16.6. The monoisotopic (exact) mass is 236 g/mol. The molecule has 2 bridgehead atoms. The molecule has 0 aromatic carbocycles. The topological polar surface area (TPSA) is 53.3 Å². The highest BCUT2D eigenvalue weighted by molar-refractivity contribution is 5.69. The van der Waals surface area contributed by atoms with E-state index in [1.165, 1.54) is 0 Å². The number of ether oxygens (including phenoxy) is 1. The van der Waals surface area contributed by atoms with Crippen molar-refractivity contribution >= 4 is 6.09 Å². The van der Waals surface area contributed by atoms with E-state index in [1.807, 2.05) is 11.8 Å². The molecule has 1 amide bonds. The smallest absolute Gasteiger partial charge is 0.410 e. The summed E-state index contributed by atoms with van der Waals surface area (Å²) >= 11 is 0. The molecule has 2 saturated heterocycles. The zero-order valence-corrected chi connectivity index (χ0v) is 10.7. The summed E-state index contributed by atoms with van der Waals surface area (Å²) in [5.74, 6) is 1.02. The molecule has 0 aromatic rings. The minimum absolute atomic E-state index is 0.100. The number of fused-ring (bicyclic) bond motifs is 2. The third kappa shape index (κ3) is 1.88. The summed E-state index contributed by atoms with van der Waals surface area (Å²) < 4.78 is 5.13. The van der Waals surface area contributed by atoms with Crippen molar-refractivity contribution in [2.45, 2.75) is 45.7 Å². The van der Waals surface area contributed by atoms with Gasteiger partial charge >= 0.3 is 6.09 Å². The Bertz CT molecular complexity index is 332. The first-order valence-corrected chi connectivity index (χ1v) is 6.44. The molecule has 94 valence electrons. The summed E-state index contributed by atoms with van der Waals surface area (Å²) in [6.07, 6.45) is 1.41. The lowest BCUT2D eigenvalue weighted by Crippen LogP contribution is -2.48. The van der Waals surface area contributed by atoms with E-state index in [2.05, 4.69) is 19.9 Å². The normalized spacial score (nSPS) is 39.9. The van der Waals surface area contributed by atoms with Crippen molar-refractivity contribution in [2.24, 2.45) is 17.8 Å². The van der Waals surface area contributed by atoms with Gasteiger partial charge in [-0.15, -0.1) is 0 Å². The van der Waals surface area contributed by atoms with Gasteiger partial charge in [-0.2, -0.15) is 5.26 Å². The van der Waals surface area contributed by atoms with Gasteiger partial charge in [0.1, 0.15) is 0 Å². The van der Waals surface area contributed by atoms with Crippen molar-refractivity contribution in [3.63, 3.8) is 0 Å². The predicted octanol–water partition coefficient (Wildman–Crippen LogP) is 2.40. The Kier molecular flexibility index (Phi) is 3.28. The molecule has 2 aliphatic heterocycles. The van der Waals surface area contributed by atoms with Crippen molar-refractivity contribution in [2.75, 3.05) is 6.61 Å². The van der Waals surface area contributed by atoms with Crippen LogP contribution in [0.25, 0.3) is 0 Å². The second-order valence-corrected chi connectivity index (χ2v) is 5.26. The molecule has 4 nitrogen and oxygen atoms in total. The Balaban J connectivity index is 2.20. The molecule has 0 N–H and O–H groups in total. The van der Waals surface area contributed by atoms with E-state index in [0.717, 1.165) is 12.8 Å². The quantitative estimate of drug-likeness (QED) is 0.702. The number of carbonyl (C=O) groups excluding carboxylic acids is 1. The molecule has 2 aliphatic rings. The van der Waals surface area contributed by atoms with E-state index in [0.29, 0.717) is 18.4 Å². The van der Waals surface area contributed by atoms with Gasteiger partial charge in [0, 0.05) is 12.1 Å². The van der Waals surface area contributed by atoms with Crippen LogP contribution < -0.4 is 0 Å². The van der Waals surface area contributed by atoms with Crippen LogP contribution in [0.4, 0.5) is 4.79 Å². The van der Waals surface area contributed by atoms with Gasteiger partial charge in [0.05, 0.1) is 18.6 Å². The van der Waals surface area contributed by atoms with Crippen molar-refractivity contribution in [3.05, 3.63) is 0 Å². The van der Waals surface area contributed by atoms with Crippen LogP contribution in [0.3, 0.4) is 0 Å². The van der Waals surface area contributed by atoms with Crippen LogP contribution in [-0.4, -0.2) is 29.7 Å². The highest BCUT2D eigenvalue weighted by Crippen LogP contribution is 2.45. The minimum Gasteiger partial charge on any atom is -0.450 e. The van der Waals surface area contributed by atoms with Crippen LogP contribution in [-0.2, 0) is 4.74 Å². The van der Waals surface area contributed by atoms with E-state index in [1.54, 1.807) is 0 Å². The average Bonchev–Trinajstić information content (AvgIpc) is 2.48. The van der Waals surface area contributed by atoms with E-state index in [-0.39, 0.29) is 24.1 Å². The summed E-state index contributed by atoms with van der Waals surface area (Å²) in [4.78, 5) is 13.9. The lowest BCUT2D eigenvalue weighted by atomic mass is 9.91. The predicted molar refractivity (Wildman–Crippen MR) is 63.1 cm³/mol. The summed E-state index contributed by atoms with van der Waals surface area (Å²) in [5.41, 5.74) is 0. The van der Waals surface area contributed by atoms with Gasteiger partial charge in [0.2, 0.25) is 0 Å². The molecule has 2 rings (SSSR count). The largest absolute Gasteiger partial charge is 0.450 e. The number of amides is 1. The first kappa shape index (κ1) is 12.2. The maximum absolute atomic E-state index is 12.0. The average molecular weight is 236 g/mol. The van der Waals surface area contributed by atoms with Crippen LogP contribution in [0.2, 0.25) is 0 Å². The van der Waals surface area contributed by atoms with Gasteiger partial charge in [-0.25, -0.2) is 4.79 Å². The zero-order valence-electron chi connectivity index (χ0n) is 10.7. The van der Waals surface area contributed by atoms with E-state index in [9.17, 15) is 4.79 Å². The molecule has 3 unspecified atom stereocenters. The van der Waals surface area contributed by atoms with Crippen molar-refractivity contribution in [1.82, 2.24) is 4.90 Å². The number of nitriles is 1. The van der Waals surface area contributed by atoms with Gasteiger partial charge in [0.25, 0.3) is 0 Å². The maximum atomic E-state index is 12.0. The van der Waals surface area contributed by atoms with Gasteiger partial charge < -0.3 is 9.64 Å². The summed E-state index contributed by atoms with van der Waals surface area (Å²) in [7, 11) is 0. The fourth-order valence-electron chi connectivity index (χ4n) is 3.36. The lowest BCUT2D eigenvalue weighted by molar-refractivity contribution is 0.0606. The van der Waals surface area contributed by atoms with Gasteiger partial charge in [-0.3, -0.25) is 0 Å². The number of piperidine rings is 1. The molecule has 0 aromatic heterocycles. The van der Waals surface area contributed by atoms with Crippen LogP contribution in [0.15, 0.2) is 0 Å². The molecule has 5 atom stereocenters. The standard InChI is InChI=1S/C13H20N2O2/c1-4-17-13(16)15-11-5-10(7-14)6-12(15)9(3)8(11)2/h8-12H,4-6H2,1-3H3/t8-,9+,10?,11?,12?. The fourth-order valence-corrected chi connectivity index (χ4v) is 3.36. The Morgan fingerprint density at radius 3 is 2.29 bits per heavy atom. The molecule has 0 radical (unpaired) electrons. The first-order chi connectivity index (χ1) is 8.10. The number of rotatable bonds is 1. The molecule has 4 heteroatoms. The van der Waals surface area contributed by atoms with Crippen molar-refractivity contribution in [3.8, 4) is 6.07 Å². The number of hydrogen-bond acceptors (Lipinski definition) is 3. The Hall–Kier alpha value is -1.24. The first-order valence-electron chi connectivity index (χ1n) is 6.44. The molecule has 0 saturated carbocycles. The summed E-state index contributed by atoms with van der Waals surface area (Å²) in [6.45, 7) is 6.61. The van der Waals surface area contributed by atoms with E-state index < -0.39 is 0 Å². The van der Waals surface area contributed by atoms with E-state index >= 15 is 0 Å². The summed E-state index contributed by atoms with van der Waals surface area (Å²) in [5, 5.41) is 9.07. The highest BCUT2D eigenvalue weighted by Gasteiger charge is 2.51. The molecule has 0 spiro atoms. The van der Waals surface area contributed by atoms with E-state index in [4.69, 9.17) is 10.00 Å². The van der Waals surface area contributed by atoms with Crippen molar-refractivity contribution < 1.29 is 9.53 Å². The van der Waals surface area contributed by atoms with Gasteiger partial charge in [-0.1, -0.05) is 13.8 Å². The van der Waals surface area contributed by atoms with Crippen LogP contribution in [0.1, 0.15) is 33.6 Å². The van der Waals surface area contributed by atoms with Gasteiger partial charge in [-0.05, 0) is 31.6 Å². The second kappa shape index (κ2) is 4.56. The molecule has 0 aliphatic carbocycles. The zero-order chi connectivity index (χ0) is 12.6. The fraction of sp³-hybridized carbons (Fsp3) is 0.846. The SMILES string of the molecule is CCOC(=O)N1C2CC(C#N)CC1[C@H](C)[C@@H]2C. The summed E-state index contributed by atoms with van der Waals surface area (Å²) in [6, 6.07) is 2.73. The molecule has 2 heterocycles.